The van der Waals surface area contributed by atoms with Crippen LogP contribution in [0.15, 0.2) is 12.1 Å². The van der Waals surface area contributed by atoms with E-state index in [4.69, 9.17) is 5.26 Å². The van der Waals surface area contributed by atoms with Gasteiger partial charge < -0.3 is 0 Å². The fourth-order valence-corrected chi connectivity index (χ4v) is 6.69. The summed E-state index contributed by atoms with van der Waals surface area (Å²) in [5.74, 6) is 2.14. The smallest absolute Gasteiger partial charge is 0.144 e. The van der Waals surface area contributed by atoms with E-state index in [1.165, 1.54) is 89.2 Å². The molecule has 0 heterocycles. The van der Waals surface area contributed by atoms with Gasteiger partial charge in [0, 0.05) is 0 Å². The SMILES string of the molecule is CCCCCCCCCC1CCC(C(C)[C@H]2CC[C@H](c3cc(F)c(C#N)c(F)c3)CC2)CC1. The Kier molecular flexibility index (Phi) is 10.7. The molecule has 0 amide bonds. The molecule has 2 fully saturated rings. The molecule has 0 aromatic heterocycles. The van der Waals surface area contributed by atoms with Gasteiger partial charge in [0.1, 0.15) is 23.3 Å². The first-order chi connectivity index (χ1) is 16.0. The van der Waals surface area contributed by atoms with Crippen LogP contribution in [0.5, 0.6) is 0 Å². The molecule has 33 heavy (non-hydrogen) atoms. The van der Waals surface area contributed by atoms with Crippen molar-refractivity contribution in [2.75, 3.05) is 0 Å². The zero-order chi connectivity index (χ0) is 23.6. The van der Waals surface area contributed by atoms with Gasteiger partial charge in [-0.2, -0.15) is 5.26 Å². The summed E-state index contributed by atoms with van der Waals surface area (Å²) < 4.78 is 28.1. The summed E-state index contributed by atoms with van der Waals surface area (Å²) in [6.07, 6.45) is 21.3. The summed E-state index contributed by atoms with van der Waals surface area (Å²) >= 11 is 0. The van der Waals surface area contributed by atoms with E-state index in [2.05, 4.69) is 13.8 Å². The number of halogens is 2. The maximum absolute atomic E-state index is 14.0. The minimum atomic E-state index is -0.712. The second kappa shape index (κ2) is 13.5. The van der Waals surface area contributed by atoms with E-state index in [0.29, 0.717) is 0 Å². The van der Waals surface area contributed by atoms with Crippen LogP contribution < -0.4 is 0 Å². The number of nitriles is 1. The van der Waals surface area contributed by atoms with Crippen LogP contribution in [0.4, 0.5) is 8.78 Å². The van der Waals surface area contributed by atoms with Gasteiger partial charge in [-0.15, -0.1) is 0 Å². The highest BCUT2D eigenvalue weighted by Gasteiger charge is 2.33. The highest BCUT2D eigenvalue weighted by molar-refractivity contribution is 5.36. The van der Waals surface area contributed by atoms with Gasteiger partial charge in [-0.25, -0.2) is 8.78 Å². The van der Waals surface area contributed by atoms with Crippen molar-refractivity contribution >= 4 is 0 Å². The van der Waals surface area contributed by atoms with Crippen LogP contribution in [0.3, 0.4) is 0 Å². The van der Waals surface area contributed by atoms with Gasteiger partial charge in [-0.1, -0.05) is 78.1 Å². The maximum atomic E-state index is 14.0. The minimum absolute atomic E-state index is 0.225. The van der Waals surface area contributed by atoms with Gasteiger partial charge in [0.25, 0.3) is 0 Å². The molecule has 1 nitrogen and oxygen atoms in total. The Morgan fingerprint density at radius 1 is 0.818 bits per heavy atom. The van der Waals surface area contributed by atoms with E-state index >= 15 is 0 Å². The Bertz CT molecular complexity index is 728. The van der Waals surface area contributed by atoms with Gasteiger partial charge in [0.05, 0.1) is 0 Å². The van der Waals surface area contributed by atoms with E-state index in [0.717, 1.165) is 54.9 Å². The number of hydrogen-bond donors (Lipinski definition) is 0. The van der Waals surface area contributed by atoms with Crippen LogP contribution in [0.2, 0.25) is 0 Å². The summed E-state index contributed by atoms with van der Waals surface area (Å²) in [5.41, 5.74) is 0.282. The number of nitrogens with zero attached hydrogens (tertiary/aromatic N) is 1. The molecular formula is C30H45F2N. The van der Waals surface area contributed by atoms with Crippen LogP contribution >= 0.6 is 0 Å². The molecule has 2 saturated carbocycles. The third-order valence-corrected chi connectivity index (χ3v) is 9.01. The Morgan fingerprint density at radius 2 is 1.33 bits per heavy atom. The predicted molar refractivity (Wildman–Crippen MR) is 133 cm³/mol. The molecule has 0 spiro atoms. The third-order valence-electron chi connectivity index (χ3n) is 9.01. The number of benzene rings is 1. The van der Waals surface area contributed by atoms with E-state index < -0.39 is 17.2 Å². The Morgan fingerprint density at radius 3 is 1.88 bits per heavy atom. The van der Waals surface area contributed by atoms with E-state index in [9.17, 15) is 8.78 Å². The normalized spacial score (nSPS) is 26.6. The first-order valence-electron chi connectivity index (χ1n) is 13.9. The Labute approximate surface area is 201 Å². The minimum Gasteiger partial charge on any atom is -0.205 e. The zero-order valence-corrected chi connectivity index (χ0v) is 21.1. The van der Waals surface area contributed by atoms with Gasteiger partial charge in [0.15, 0.2) is 0 Å². The lowest BCUT2D eigenvalue weighted by Crippen LogP contribution is -2.28. The second-order valence-electron chi connectivity index (χ2n) is 11.1. The lowest BCUT2D eigenvalue weighted by Gasteiger charge is -2.39. The predicted octanol–water partition coefficient (Wildman–Crippen LogP) is 9.69. The van der Waals surface area contributed by atoms with Crippen LogP contribution in [0.25, 0.3) is 0 Å². The first-order valence-corrected chi connectivity index (χ1v) is 13.9. The molecule has 0 N–H and O–H groups in total. The Balaban J connectivity index is 1.36. The largest absolute Gasteiger partial charge is 0.205 e. The first kappa shape index (κ1) is 26.2. The van der Waals surface area contributed by atoms with Gasteiger partial charge in [-0.3, -0.25) is 0 Å². The summed E-state index contributed by atoms with van der Waals surface area (Å²) in [4.78, 5) is 0. The molecule has 1 atom stereocenters. The number of hydrogen-bond acceptors (Lipinski definition) is 1. The van der Waals surface area contributed by atoms with Crippen LogP contribution in [0.1, 0.15) is 134 Å². The molecule has 0 radical (unpaired) electrons. The molecule has 0 aliphatic heterocycles. The summed E-state index contributed by atoms with van der Waals surface area (Å²) in [5, 5.41) is 8.90. The second-order valence-corrected chi connectivity index (χ2v) is 11.1. The van der Waals surface area contributed by atoms with Crippen molar-refractivity contribution in [2.45, 2.75) is 122 Å². The fourth-order valence-electron chi connectivity index (χ4n) is 6.69. The van der Waals surface area contributed by atoms with Crippen molar-refractivity contribution in [3.05, 3.63) is 34.9 Å². The fraction of sp³-hybridized carbons (Fsp3) is 0.767. The van der Waals surface area contributed by atoms with Gasteiger partial charge in [-0.05, 0) is 85.8 Å². The monoisotopic (exact) mass is 457 g/mol. The lowest BCUT2D eigenvalue weighted by atomic mass is 9.66. The zero-order valence-electron chi connectivity index (χ0n) is 21.1. The van der Waals surface area contributed by atoms with Crippen LogP contribution in [-0.4, -0.2) is 0 Å². The Hall–Kier alpha value is -1.43. The van der Waals surface area contributed by atoms with E-state index in [-0.39, 0.29) is 5.92 Å². The topological polar surface area (TPSA) is 23.8 Å². The molecule has 1 aromatic rings. The van der Waals surface area contributed by atoms with Crippen molar-refractivity contribution in [3.63, 3.8) is 0 Å². The summed E-state index contributed by atoms with van der Waals surface area (Å²) in [6, 6.07) is 4.41. The molecule has 3 rings (SSSR count). The van der Waals surface area contributed by atoms with Crippen LogP contribution in [0, 0.1) is 46.6 Å². The third kappa shape index (κ3) is 7.53. The maximum Gasteiger partial charge on any atom is 0.144 e. The molecule has 0 bridgehead atoms. The van der Waals surface area contributed by atoms with E-state index in [1.54, 1.807) is 6.07 Å². The lowest BCUT2D eigenvalue weighted by molar-refractivity contribution is 0.131. The van der Waals surface area contributed by atoms with Crippen molar-refractivity contribution in [3.8, 4) is 6.07 Å². The number of rotatable bonds is 11. The highest BCUT2D eigenvalue weighted by atomic mass is 19.1. The summed E-state index contributed by atoms with van der Waals surface area (Å²) in [6.45, 7) is 4.75. The van der Waals surface area contributed by atoms with Gasteiger partial charge in [0.2, 0.25) is 0 Å². The highest BCUT2D eigenvalue weighted by Crippen LogP contribution is 2.45. The molecule has 184 valence electrons. The average molecular weight is 458 g/mol. The van der Waals surface area contributed by atoms with E-state index in [1.807, 2.05) is 0 Å². The molecule has 2 aliphatic carbocycles. The number of unbranched alkanes of at least 4 members (excludes halogenated alkanes) is 6. The standard InChI is InChI=1S/C30H45F2N/c1-3-4-5-6-7-8-9-10-23-11-13-24(14-12-23)22(2)25-15-17-26(18-16-25)27-19-29(31)28(21-33)30(32)20-27/h19-20,22-26H,3-18H2,1-2H3/t22?,23?,24?,25-,26-. The van der Waals surface area contributed by atoms with Crippen molar-refractivity contribution in [2.24, 2.45) is 23.7 Å². The van der Waals surface area contributed by atoms with Gasteiger partial charge >= 0.3 is 0 Å². The summed E-state index contributed by atoms with van der Waals surface area (Å²) in [7, 11) is 0. The van der Waals surface area contributed by atoms with Crippen molar-refractivity contribution in [1.82, 2.24) is 0 Å². The van der Waals surface area contributed by atoms with Crippen molar-refractivity contribution in [1.29, 1.82) is 5.26 Å². The molecule has 3 heteroatoms. The molecule has 1 aromatic carbocycles. The molecule has 1 unspecified atom stereocenters. The molecule has 2 aliphatic rings. The van der Waals surface area contributed by atoms with Crippen LogP contribution in [-0.2, 0) is 0 Å². The molecule has 0 saturated heterocycles. The quantitative estimate of drug-likeness (QED) is 0.303. The molecular weight excluding hydrogens is 412 g/mol. The van der Waals surface area contributed by atoms with Crippen molar-refractivity contribution < 1.29 is 8.78 Å². The average Bonchev–Trinajstić information content (AvgIpc) is 2.83.